The number of urea groups is 1. The van der Waals surface area contributed by atoms with Crippen LogP contribution >= 0.6 is 11.6 Å². The summed E-state index contributed by atoms with van der Waals surface area (Å²) in [5.74, 6) is 0.220. The van der Waals surface area contributed by atoms with Gasteiger partial charge in [0.15, 0.2) is 0 Å². The minimum atomic E-state index is -0.433. The largest absolute Gasteiger partial charge is 0.381 e. The molecule has 0 aliphatic carbocycles. The van der Waals surface area contributed by atoms with Crippen LogP contribution in [0.2, 0.25) is 5.02 Å². The summed E-state index contributed by atoms with van der Waals surface area (Å²) in [6, 6.07) is 4.93. The van der Waals surface area contributed by atoms with E-state index in [1.165, 1.54) is 6.07 Å². The van der Waals surface area contributed by atoms with E-state index in [9.17, 15) is 9.18 Å². The average molecular weight is 489 g/mol. The maximum Gasteiger partial charge on any atom is 0.318 e. The molecule has 2 saturated heterocycles. The van der Waals surface area contributed by atoms with Gasteiger partial charge in [-0.2, -0.15) is 0 Å². The molecule has 4 heterocycles. The molecule has 0 bridgehead atoms. The fraction of sp³-hybridized carbons (Fsp3) is 0.542. The number of benzene rings is 1. The summed E-state index contributed by atoms with van der Waals surface area (Å²) in [6.45, 7) is 4.05. The summed E-state index contributed by atoms with van der Waals surface area (Å²) in [6.07, 6.45) is 4.47. The summed E-state index contributed by atoms with van der Waals surface area (Å²) in [5, 5.41) is 6.72. The zero-order valence-corrected chi connectivity index (χ0v) is 20.0. The average Bonchev–Trinajstić information content (AvgIpc) is 3.20. The third-order valence-corrected chi connectivity index (χ3v) is 7.26. The number of amides is 2. The summed E-state index contributed by atoms with van der Waals surface area (Å²) in [5.41, 5.74) is 2.90. The van der Waals surface area contributed by atoms with Gasteiger partial charge in [0, 0.05) is 51.0 Å². The number of anilines is 1. The maximum atomic E-state index is 13.7. The number of aromatic nitrogens is 2. The van der Waals surface area contributed by atoms with Crippen molar-refractivity contribution in [1.82, 2.24) is 25.1 Å². The second-order valence-corrected chi connectivity index (χ2v) is 9.83. The third-order valence-electron chi connectivity index (χ3n) is 6.97. The van der Waals surface area contributed by atoms with Gasteiger partial charge in [-0.05, 0) is 49.6 Å². The molecule has 0 saturated carbocycles. The van der Waals surface area contributed by atoms with E-state index in [1.54, 1.807) is 17.0 Å². The molecule has 2 amide bonds. The lowest BCUT2D eigenvalue weighted by Gasteiger charge is -2.31. The van der Waals surface area contributed by atoms with Crippen LogP contribution < -0.4 is 10.6 Å². The summed E-state index contributed by atoms with van der Waals surface area (Å²) >= 11 is 6.02. The number of carbonyl (C=O) groups excluding carboxylic acids is 1. The molecule has 1 aromatic carbocycles. The van der Waals surface area contributed by atoms with Crippen molar-refractivity contribution >= 4 is 23.6 Å². The van der Waals surface area contributed by atoms with Gasteiger partial charge in [-0.1, -0.05) is 17.7 Å². The Bertz CT molecular complexity index is 1050. The Kier molecular flexibility index (Phi) is 6.85. The van der Waals surface area contributed by atoms with Crippen LogP contribution in [0.1, 0.15) is 35.6 Å². The first-order valence-electron chi connectivity index (χ1n) is 11.8. The molecule has 2 aromatic rings. The van der Waals surface area contributed by atoms with Gasteiger partial charge < -0.3 is 25.2 Å². The van der Waals surface area contributed by atoms with E-state index in [1.807, 2.05) is 13.2 Å². The number of ether oxygens (including phenoxy) is 1. The van der Waals surface area contributed by atoms with E-state index in [0.717, 1.165) is 62.4 Å². The standard InChI is InChI=1S/C24H30ClFN6O2/c1-31-12-18(15-2-3-20(26)19(25)10-15)22(13-31)30-24(33)32-7-4-16-11-27-23(29-21(16)14-32)28-17-5-8-34-9-6-17/h2-3,10-11,17-18,22H,4-9,12-14H2,1H3,(H,30,33)(H,27,28,29). The first kappa shape index (κ1) is 23.3. The smallest absolute Gasteiger partial charge is 0.318 e. The summed E-state index contributed by atoms with van der Waals surface area (Å²) in [7, 11) is 2.02. The van der Waals surface area contributed by atoms with Gasteiger partial charge in [0.2, 0.25) is 5.95 Å². The molecule has 10 heteroatoms. The highest BCUT2D eigenvalue weighted by atomic mass is 35.5. The predicted octanol–water partition coefficient (Wildman–Crippen LogP) is 3.03. The topological polar surface area (TPSA) is 82.6 Å². The highest BCUT2D eigenvalue weighted by Gasteiger charge is 2.35. The molecule has 8 nitrogen and oxygen atoms in total. The number of nitrogens with zero attached hydrogens (tertiary/aromatic N) is 4. The number of hydrogen-bond donors (Lipinski definition) is 2. The number of halogens is 2. The minimum Gasteiger partial charge on any atom is -0.381 e. The van der Waals surface area contributed by atoms with E-state index in [4.69, 9.17) is 21.3 Å². The van der Waals surface area contributed by atoms with Gasteiger partial charge in [-0.25, -0.2) is 19.2 Å². The zero-order chi connectivity index (χ0) is 23.7. The van der Waals surface area contributed by atoms with Crippen LogP contribution in [0.25, 0.3) is 0 Å². The van der Waals surface area contributed by atoms with Crippen LogP contribution in [0.4, 0.5) is 15.1 Å². The normalized spacial score (nSPS) is 23.6. The van der Waals surface area contributed by atoms with E-state index in [2.05, 4.69) is 20.5 Å². The Balaban J connectivity index is 1.24. The van der Waals surface area contributed by atoms with E-state index in [0.29, 0.717) is 25.1 Å². The monoisotopic (exact) mass is 488 g/mol. The fourth-order valence-electron chi connectivity index (χ4n) is 5.05. The first-order valence-corrected chi connectivity index (χ1v) is 12.2. The highest BCUT2D eigenvalue weighted by Crippen LogP contribution is 2.30. The molecular formula is C24H30ClFN6O2. The van der Waals surface area contributed by atoms with Crippen molar-refractivity contribution in [2.45, 2.75) is 43.8 Å². The van der Waals surface area contributed by atoms with Crippen LogP contribution in [0.15, 0.2) is 24.4 Å². The molecule has 1 aromatic heterocycles. The van der Waals surface area contributed by atoms with Crippen molar-refractivity contribution in [3.8, 4) is 0 Å². The van der Waals surface area contributed by atoms with Gasteiger partial charge in [-0.3, -0.25) is 0 Å². The number of likely N-dealkylation sites (N-methyl/N-ethyl adjacent to an activating group) is 1. The molecule has 2 fully saturated rings. The molecule has 182 valence electrons. The second kappa shape index (κ2) is 10.0. The lowest BCUT2D eigenvalue weighted by Crippen LogP contribution is -2.49. The Morgan fingerprint density at radius 2 is 2.09 bits per heavy atom. The zero-order valence-electron chi connectivity index (χ0n) is 19.3. The SMILES string of the molecule is CN1CC(NC(=O)N2CCc3cnc(NC4CCOCC4)nc3C2)C(c2ccc(F)c(Cl)c2)C1. The van der Waals surface area contributed by atoms with E-state index >= 15 is 0 Å². The molecule has 0 spiro atoms. The molecule has 3 aliphatic heterocycles. The van der Waals surface area contributed by atoms with Gasteiger partial charge in [0.25, 0.3) is 0 Å². The summed E-state index contributed by atoms with van der Waals surface area (Å²) < 4.78 is 19.1. The fourth-order valence-corrected chi connectivity index (χ4v) is 5.24. The van der Waals surface area contributed by atoms with Crippen molar-refractivity contribution in [2.75, 3.05) is 45.2 Å². The van der Waals surface area contributed by atoms with Crippen LogP contribution in [0.3, 0.4) is 0 Å². The van der Waals surface area contributed by atoms with Crippen molar-refractivity contribution < 1.29 is 13.9 Å². The molecule has 34 heavy (non-hydrogen) atoms. The molecule has 3 aliphatic rings. The molecular weight excluding hydrogens is 459 g/mol. The van der Waals surface area contributed by atoms with Gasteiger partial charge in [0.1, 0.15) is 5.82 Å². The van der Waals surface area contributed by atoms with Crippen molar-refractivity contribution in [1.29, 1.82) is 0 Å². The molecule has 5 rings (SSSR count). The Hall–Kier alpha value is -2.49. The highest BCUT2D eigenvalue weighted by molar-refractivity contribution is 6.30. The maximum absolute atomic E-state index is 13.7. The lowest BCUT2D eigenvalue weighted by molar-refractivity contribution is 0.0903. The van der Waals surface area contributed by atoms with Gasteiger partial charge in [0.05, 0.1) is 23.3 Å². The van der Waals surface area contributed by atoms with Crippen LogP contribution in [0, 0.1) is 5.82 Å². The quantitative estimate of drug-likeness (QED) is 0.688. The Morgan fingerprint density at radius 1 is 1.26 bits per heavy atom. The molecule has 2 N–H and O–H groups in total. The van der Waals surface area contributed by atoms with Gasteiger partial charge in [-0.15, -0.1) is 0 Å². The van der Waals surface area contributed by atoms with Crippen molar-refractivity contribution in [3.63, 3.8) is 0 Å². The number of hydrogen-bond acceptors (Lipinski definition) is 6. The number of rotatable bonds is 4. The first-order chi connectivity index (χ1) is 16.5. The number of nitrogens with one attached hydrogen (secondary N) is 2. The predicted molar refractivity (Wildman–Crippen MR) is 128 cm³/mol. The molecule has 2 unspecified atom stereocenters. The van der Waals surface area contributed by atoms with Crippen LogP contribution in [-0.2, 0) is 17.7 Å². The molecule has 2 atom stereocenters. The number of likely N-dealkylation sites (tertiary alicyclic amines) is 1. The van der Waals surface area contributed by atoms with Gasteiger partial charge >= 0.3 is 6.03 Å². The Morgan fingerprint density at radius 3 is 2.88 bits per heavy atom. The van der Waals surface area contributed by atoms with Crippen LogP contribution in [-0.4, -0.2) is 77.8 Å². The second-order valence-electron chi connectivity index (χ2n) is 9.43. The number of fused-ring (bicyclic) bond motifs is 1. The van der Waals surface area contributed by atoms with E-state index < -0.39 is 5.82 Å². The van der Waals surface area contributed by atoms with Crippen molar-refractivity contribution in [2.24, 2.45) is 0 Å². The lowest BCUT2D eigenvalue weighted by atomic mass is 9.94. The summed E-state index contributed by atoms with van der Waals surface area (Å²) in [4.78, 5) is 26.4. The van der Waals surface area contributed by atoms with E-state index in [-0.39, 0.29) is 23.0 Å². The molecule has 0 radical (unpaired) electrons. The number of carbonyl (C=O) groups is 1. The van der Waals surface area contributed by atoms with Crippen LogP contribution in [0.5, 0.6) is 0 Å². The third kappa shape index (κ3) is 5.11. The Labute approximate surface area is 203 Å². The minimum absolute atomic E-state index is 0.0433. The van der Waals surface area contributed by atoms with Crippen molar-refractivity contribution in [3.05, 3.63) is 52.1 Å².